The number of amides is 2. The molecule has 0 fully saturated rings. The first-order valence-corrected chi connectivity index (χ1v) is 11.3. The van der Waals surface area contributed by atoms with Gasteiger partial charge in [0.2, 0.25) is 5.91 Å². The van der Waals surface area contributed by atoms with Gasteiger partial charge in [-0.3, -0.25) is 9.59 Å². The molecule has 0 bridgehead atoms. The van der Waals surface area contributed by atoms with E-state index in [1.165, 1.54) is 6.20 Å². The van der Waals surface area contributed by atoms with Crippen molar-refractivity contribution in [2.45, 2.75) is 12.5 Å². The Balaban J connectivity index is 1.89. The molecule has 0 aliphatic heterocycles. The minimum Gasteiger partial charge on any atom is -0.367 e. The van der Waals surface area contributed by atoms with Gasteiger partial charge in [0.25, 0.3) is 5.91 Å². The Morgan fingerprint density at radius 2 is 1.90 bits per heavy atom. The van der Waals surface area contributed by atoms with Crippen LogP contribution in [0.25, 0.3) is 0 Å². The predicted octanol–water partition coefficient (Wildman–Crippen LogP) is 4.12. The second kappa shape index (κ2) is 12.1. The molecule has 6 nitrogen and oxygen atoms in total. The SMILES string of the molecule is CSCCC(NC(=O)c1ccccc1Cl)C(=O)NCCNc1ncc(Cl)cc1Cl. The van der Waals surface area contributed by atoms with Crippen LogP contribution in [0.2, 0.25) is 15.1 Å². The molecule has 156 valence electrons. The first-order chi connectivity index (χ1) is 13.9. The van der Waals surface area contributed by atoms with E-state index < -0.39 is 6.04 Å². The quantitative estimate of drug-likeness (QED) is 0.450. The zero-order valence-electron chi connectivity index (χ0n) is 15.7. The summed E-state index contributed by atoms with van der Waals surface area (Å²) in [6.07, 6.45) is 3.93. The maximum absolute atomic E-state index is 12.6. The van der Waals surface area contributed by atoms with Gasteiger partial charge in [-0.2, -0.15) is 11.8 Å². The van der Waals surface area contributed by atoms with Crippen LogP contribution in [0.4, 0.5) is 5.82 Å². The first-order valence-electron chi connectivity index (χ1n) is 8.79. The van der Waals surface area contributed by atoms with Gasteiger partial charge in [0.05, 0.1) is 20.6 Å². The van der Waals surface area contributed by atoms with Gasteiger partial charge < -0.3 is 16.0 Å². The molecule has 0 saturated carbocycles. The van der Waals surface area contributed by atoms with Crippen LogP contribution in [0, 0.1) is 0 Å². The normalized spacial score (nSPS) is 11.6. The molecule has 2 amide bonds. The minimum absolute atomic E-state index is 0.267. The average molecular weight is 476 g/mol. The zero-order valence-corrected chi connectivity index (χ0v) is 18.8. The van der Waals surface area contributed by atoms with Crippen molar-refractivity contribution in [3.63, 3.8) is 0 Å². The number of carbonyl (C=O) groups excluding carboxylic acids is 2. The molecule has 0 spiro atoms. The Bertz CT molecular complexity index is 854. The maximum atomic E-state index is 12.6. The van der Waals surface area contributed by atoms with Crippen LogP contribution in [0.5, 0.6) is 0 Å². The van der Waals surface area contributed by atoms with Crippen molar-refractivity contribution < 1.29 is 9.59 Å². The van der Waals surface area contributed by atoms with E-state index in [4.69, 9.17) is 34.8 Å². The van der Waals surface area contributed by atoms with Crippen LogP contribution >= 0.6 is 46.6 Å². The molecule has 0 radical (unpaired) electrons. The molecule has 10 heteroatoms. The van der Waals surface area contributed by atoms with E-state index in [9.17, 15) is 9.59 Å². The van der Waals surface area contributed by atoms with Crippen LogP contribution in [-0.2, 0) is 4.79 Å². The molecular weight excluding hydrogens is 455 g/mol. The van der Waals surface area contributed by atoms with Crippen LogP contribution in [0.15, 0.2) is 36.5 Å². The number of hydrogen-bond acceptors (Lipinski definition) is 5. The Hall–Kier alpha value is -1.67. The second-order valence-electron chi connectivity index (χ2n) is 5.99. The molecule has 2 aromatic rings. The molecular formula is C19H21Cl3N4O2S. The number of thioether (sulfide) groups is 1. The van der Waals surface area contributed by atoms with Crippen molar-refractivity contribution in [2.24, 2.45) is 0 Å². The molecule has 1 aromatic heterocycles. The summed E-state index contributed by atoms with van der Waals surface area (Å²) in [6.45, 7) is 0.741. The summed E-state index contributed by atoms with van der Waals surface area (Å²) in [5, 5.41) is 9.78. The van der Waals surface area contributed by atoms with Gasteiger partial charge in [-0.25, -0.2) is 4.98 Å². The number of pyridine rings is 1. The van der Waals surface area contributed by atoms with Crippen LogP contribution in [0.1, 0.15) is 16.8 Å². The lowest BCUT2D eigenvalue weighted by atomic mass is 10.1. The number of anilines is 1. The molecule has 1 aromatic carbocycles. The first kappa shape index (κ1) is 23.6. The molecule has 0 saturated heterocycles. The van der Waals surface area contributed by atoms with E-state index in [1.807, 2.05) is 6.26 Å². The predicted molar refractivity (Wildman–Crippen MR) is 121 cm³/mol. The summed E-state index contributed by atoms with van der Waals surface area (Å²) in [5.41, 5.74) is 0.334. The highest BCUT2D eigenvalue weighted by atomic mass is 35.5. The standard InChI is InChI=1S/C19H21Cl3N4O2S/c1-29-9-6-16(26-18(27)13-4-2-3-5-14(13)21)19(28)24-8-7-23-17-15(22)10-12(20)11-25-17/h2-5,10-11,16H,6-9H2,1H3,(H,23,25)(H,24,28)(H,26,27). The molecule has 0 aliphatic rings. The topological polar surface area (TPSA) is 83.1 Å². The van der Waals surface area contributed by atoms with E-state index in [-0.39, 0.29) is 11.8 Å². The summed E-state index contributed by atoms with van der Waals surface area (Å²) in [7, 11) is 0. The number of halogens is 3. The van der Waals surface area contributed by atoms with Gasteiger partial charge in [0.15, 0.2) is 0 Å². The molecule has 1 heterocycles. The van der Waals surface area contributed by atoms with Crippen molar-refractivity contribution in [3.05, 3.63) is 57.2 Å². The highest BCUT2D eigenvalue weighted by Crippen LogP contribution is 2.22. The molecule has 29 heavy (non-hydrogen) atoms. The fraction of sp³-hybridized carbons (Fsp3) is 0.316. The Morgan fingerprint density at radius 1 is 1.14 bits per heavy atom. The van der Waals surface area contributed by atoms with Gasteiger partial charge in [0.1, 0.15) is 11.9 Å². The third-order valence-electron chi connectivity index (χ3n) is 3.88. The summed E-state index contributed by atoms with van der Waals surface area (Å²) in [6, 6.07) is 7.64. The monoisotopic (exact) mass is 474 g/mol. The lowest BCUT2D eigenvalue weighted by Crippen LogP contribution is -2.48. The molecule has 2 rings (SSSR count). The Labute approximate surface area is 189 Å². The summed E-state index contributed by atoms with van der Waals surface area (Å²) >= 11 is 19.5. The molecule has 1 atom stereocenters. The Morgan fingerprint density at radius 3 is 2.59 bits per heavy atom. The van der Waals surface area contributed by atoms with Crippen LogP contribution < -0.4 is 16.0 Å². The van der Waals surface area contributed by atoms with E-state index in [0.29, 0.717) is 46.0 Å². The summed E-state index contributed by atoms with van der Waals surface area (Å²) < 4.78 is 0. The Kier molecular flexibility index (Phi) is 9.87. The smallest absolute Gasteiger partial charge is 0.253 e. The van der Waals surface area contributed by atoms with Crippen LogP contribution in [-0.4, -0.2) is 47.9 Å². The van der Waals surface area contributed by atoms with E-state index in [2.05, 4.69) is 20.9 Å². The lowest BCUT2D eigenvalue weighted by molar-refractivity contribution is -0.122. The summed E-state index contributed by atoms with van der Waals surface area (Å²) in [4.78, 5) is 29.2. The molecule has 0 aliphatic carbocycles. The zero-order chi connectivity index (χ0) is 21.2. The van der Waals surface area contributed by atoms with Crippen molar-refractivity contribution in [3.8, 4) is 0 Å². The van der Waals surface area contributed by atoms with Gasteiger partial charge in [-0.05, 0) is 36.6 Å². The maximum Gasteiger partial charge on any atom is 0.253 e. The summed E-state index contributed by atoms with van der Waals surface area (Å²) in [5.74, 6) is 0.559. The van der Waals surface area contributed by atoms with Gasteiger partial charge in [-0.15, -0.1) is 0 Å². The number of nitrogens with one attached hydrogen (secondary N) is 3. The van der Waals surface area contributed by atoms with Crippen LogP contribution in [0.3, 0.4) is 0 Å². The number of aromatic nitrogens is 1. The fourth-order valence-corrected chi connectivity index (χ4v) is 3.56. The highest BCUT2D eigenvalue weighted by molar-refractivity contribution is 7.98. The van der Waals surface area contributed by atoms with Gasteiger partial charge >= 0.3 is 0 Å². The average Bonchev–Trinajstić information content (AvgIpc) is 2.69. The molecule has 1 unspecified atom stereocenters. The van der Waals surface area contributed by atoms with Crippen molar-refractivity contribution in [2.75, 3.05) is 30.4 Å². The lowest BCUT2D eigenvalue weighted by Gasteiger charge is -2.19. The van der Waals surface area contributed by atoms with E-state index in [1.54, 1.807) is 42.1 Å². The number of carbonyl (C=O) groups is 2. The van der Waals surface area contributed by atoms with Gasteiger partial charge in [0, 0.05) is 19.3 Å². The van der Waals surface area contributed by atoms with Crippen molar-refractivity contribution >= 4 is 64.2 Å². The largest absolute Gasteiger partial charge is 0.367 e. The highest BCUT2D eigenvalue weighted by Gasteiger charge is 2.21. The van der Waals surface area contributed by atoms with E-state index in [0.717, 1.165) is 5.75 Å². The van der Waals surface area contributed by atoms with Crippen molar-refractivity contribution in [1.29, 1.82) is 0 Å². The minimum atomic E-state index is -0.663. The van der Waals surface area contributed by atoms with Crippen molar-refractivity contribution in [1.82, 2.24) is 15.6 Å². The molecule has 3 N–H and O–H groups in total. The van der Waals surface area contributed by atoms with E-state index >= 15 is 0 Å². The number of hydrogen-bond donors (Lipinski definition) is 3. The van der Waals surface area contributed by atoms with Gasteiger partial charge in [-0.1, -0.05) is 46.9 Å². The number of rotatable bonds is 10. The number of benzene rings is 1. The second-order valence-corrected chi connectivity index (χ2v) is 8.23. The number of nitrogens with zero attached hydrogens (tertiary/aromatic N) is 1. The third-order valence-corrected chi connectivity index (χ3v) is 5.34. The fourth-order valence-electron chi connectivity index (χ4n) is 2.42. The third kappa shape index (κ3) is 7.59.